The van der Waals surface area contributed by atoms with E-state index in [4.69, 9.17) is 14.3 Å². The van der Waals surface area contributed by atoms with Crippen molar-refractivity contribution in [3.63, 3.8) is 0 Å². The van der Waals surface area contributed by atoms with Gasteiger partial charge < -0.3 is 14.6 Å². The van der Waals surface area contributed by atoms with Gasteiger partial charge in [0.15, 0.2) is 11.9 Å². The monoisotopic (exact) mass is 389 g/mol. The second-order valence-corrected chi connectivity index (χ2v) is 6.78. The van der Waals surface area contributed by atoms with E-state index in [1.165, 1.54) is 6.92 Å². The number of aliphatic hydroxyl groups is 1. The van der Waals surface area contributed by atoms with Crippen LogP contribution in [0.4, 0.5) is 4.39 Å². The summed E-state index contributed by atoms with van der Waals surface area (Å²) in [5.74, 6) is -0.536. The van der Waals surface area contributed by atoms with Crippen LogP contribution < -0.4 is 16.7 Å². The fourth-order valence-electron chi connectivity index (χ4n) is 2.60. The average molecular weight is 389 g/mol. The van der Waals surface area contributed by atoms with Crippen LogP contribution in [0.1, 0.15) is 33.9 Å². The number of hydrogen-bond acceptors (Lipinski definition) is 8. The molecule has 0 aromatic carbocycles. The lowest BCUT2D eigenvalue weighted by Gasteiger charge is -2.24. The number of H-pyrrole nitrogens is 1. The van der Waals surface area contributed by atoms with Crippen LogP contribution in [0.25, 0.3) is 0 Å². The third-order valence-corrected chi connectivity index (χ3v) is 4.03. The molecule has 2 heterocycles. The van der Waals surface area contributed by atoms with E-state index in [0.717, 1.165) is 23.8 Å². The fraction of sp³-hybridized carbons (Fsp3) is 0.688. The van der Waals surface area contributed by atoms with Gasteiger partial charge in [-0.1, -0.05) is 0 Å². The third kappa shape index (κ3) is 4.80. The van der Waals surface area contributed by atoms with Gasteiger partial charge in [0.2, 0.25) is 0 Å². The number of hydroxylamine groups is 1. The minimum atomic E-state index is -2.32. The van der Waals surface area contributed by atoms with Crippen LogP contribution in [-0.2, 0) is 19.1 Å². The van der Waals surface area contributed by atoms with Crippen molar-refractivity contribution < 1.29 is 28.6 Å². The Kier molecular flexibility index (Phi) is 6.52. The minimum absolute atomic E-state index is 0.287. The molecule has 0 radical (unpaired) electrons. The van der Waals surface area contributed by atoms with Gasteiger partial charge in [0.05, 0.1) is 12.7 Å². The van der Waals surface area contributed by atoms with Gasteiger partial charge in [0.25, 0.3) is 5.56 Å². The van der Waals surface area contributed by atoms with Crippen molar-refractivity contribution in [1.82, 2.24) is 15.0 Å². The number of aromatic nitrogens is 2. The molecule has 1 aromatic rings. The van der Waals surface area contributed by atoms with Gasteiger partial charge in [-0.2, -0.15) is 5.48 Å². The zero-order valence-corrected chi connectivity index (χ0v) is 15.5. The number of alkyl halides is 1. The largest absolute Gasteiger partial charge is 0.462 e. The molecule has 1 aliphatic heterocycles. The predicted octanol–water partition coefficient (Wildman–Crippen LogP) is -0.616. The summed E-state index contributed by atoms with van der Waals surface area (Å²) in [6.45, 7) is 5.70. The number of hydrogen-bond donors (Lipinski definition) is 3. The molecule has 1 aromatic heterocycles. The lowest BCUT2D eigenvalue weighted by atomic mass is 9.98. The summed E-state index contributed by atoms with van der Waals surface area (Å²) < 4.78 is 26.2. The number of esters is 1. The number of carbonyl (C=O) groups is 1. The molecule has 1 fully saturated rings. The Hall–Kier alpha value is -2.08. The van der Waals surface area contributed by atoms with Gasteiger partial charge in [-0.3, -0.25) is 24.0 Å². The zero-order valence-electron chi connectivity index (χ0n) is 15.5. The molecule has 1 aliphatic rings. The molecule has 0 aliphatic carbocycles. The highest BCUT2D eigenvalue weighted by Gasteiger charge is 2.55. The second kappa shape index (κ2) is 8.30. The summed E-state index contributed by atoms with van der Waals surface area (Å²) in [6.07, 6.45) is -3.40. The second-order valence-electron chi connectivity index (χ2n) is 6.78. The first kappa shape index (κ1) is 21.2. The molecule has 5 atom stereocenters. The van der Waals surface area contributed by atoms with Crippen molar-refractivity contribution >= 4 is 5.97 Å². The Morgan fingerprint density at radius 3 is 2.74 bits per heavy atom. The van der Waals surface area contributed by atoms with E-state index in [1.54, 1.807) is 13.8 Å². The standard InChI is InChI=1S/C16H24FN3O7/c1-8(2)26-13(23)9(3)19-25-7-10-12(22)16(4,17)14(27-10)20-6-5-11(21)18-15(20)24/h5-6,8-10,12,14,19,22H,7H2,1-4H3,(H,18,21,24)/t9-,10+,12+,14+,16+/m0/s1. The summed E-state index contributed by atoms with van der Waals surface area (Å²) >= 11 is 0. The van der Waals surface area contributed by atoms with Crippen molar-refractivity contribution in [2.45, 2.75) is 63.9 Å². The minimum Gasteiger partial charge on any atom is -0.462 e. The highest BCUT2D eigenvalue weighted by atomic mass is 19.1. The molecule has 0 amide bonds. The zero-order chi connectivity index (χ0) is 20.4. The van der Waals surface area contributed by atoms with Crippen molar-refractivity contribution in [3.8, 4) is 0 Å². The van der Waals surface area contributed by atoms with Crippen LogP contribution >= 0.6 is 0 Å². The first-order valence-corrected chi connectivity index (χ1v) is 8.45. The summed E-state index contributed by atoms with van der Waals surface area (Å²) in [4.78, 5) is 41.8. The quantitative estimate of drug-likeness (QED) is 0.415. The Balaban J connectivity index is 2.00. The molecule has 27 heavy (non-hydrogen) atoms. The molecular weight excluding hydrogens is 365 g/mol. The normalized spacial score (nSPS) is 29.1. The van der Waals surface area contributed by atoms with Gasteiger partial charge in [-0.05, 0) is 27.7 Å². The Morgan fingerprint density at radius 2 is 2.15 bits per heavy atom. The molecule has 1 saturated heterocycles. The molecular formula is C16H24FN3O7. The van der Waals surface area contributed by atoms with Crippen LogP contribution in [0, 0.1) is 0 Å². The van der Waals surface area contributed by atoms with Gasteiger partial charge in [-0.25, -0.2) is 9.18 Å². The van der Waals surface area contributed by atoms with E-state index in [2.05, 4.69) is 5.48 Å². The van der Waals surface area contributed by atoms with Crippen LogP contribution in [0.2, 0.25) is 0 Å². The molecule has 152 valence electrons. The maximum atomic E-state index is 15.0. The number of aromatic amines is 1. The first-order chi connectivity index (χ1) is 12.5. The molecule has 3 N–H and O–H groups in total. The number of ether oxygens (including phenoxy) is 2. The number of nitrogens with zero attached hydrogens (tertiary/aromatic N) is 1. The van der Waals surface area contributed by atoms with E-state index in [0.29, 0.717) is 0 Å². The maximum Gasteiger partial charge on any atom is 0.330 e. The smallest absolute Gasteiger partial charge is 0.330 e. The van der Waals surface area contributed by atoms with E-state index in [-0.39, 0.29) is 12.7 Å². The highest BCUT2D eigenvalue weighted by molar-refractivity contribution is 5.75. The molecule has 0 bridgehead atoms. The summed E-state index contributed by atoms with van der Waals surface area (Å²) in [6, 6.07) is 0.251. The maximum absolute atomic E-state index is 15.0. The molecule has 0 unspecified atom stereocenters. The van der Waals surface area contributed by atoms with Crippen molar-refractivity contribution in [3.05, 3.63) is 33.1 Å². The van der Waals surface area contributed by atoms with E-state index < -0.39 is 47.4 Å². The molecule has 0 spiro atoms. The van der Waals surface area contributed by atoms with Gasteiger partial charge in [-0.15, -0.1) is 0 Å². The van der Waals surface area contributed by atoms with E-state index in [9.17, 15) is 23.9 Å². The highest BCUT2D eigenvalue weighted by Crippen LogP contribution is 2.40. The Morgan fingerprint density at radius 1 is 1.48 bits per heavy atom. The molecule has 11 heteroatoms. The summed E-state index contributed by atoms with van der Waals surface area (Å²) in [5, 5.41) is 10.2. The third-order valence-electron chi connectivity index (χ3n) is 4.03. The van der Waals surface area contributed by atoms with Gasteiger partial charge in [0.1, 0.15) is 18.2 Å². The lowest BCUT2D eigenvalue weighted by molar-refractivity contribution is -0.156. The van der Waals surface area contributed by atoms with Crippen molar-refractivity contribution in [2.24, 2.45) is 0 Å². The average Bonchev–Trinajstić information content (AvgIpc) is 2.78. The Labute approximate surface area is 154 Å². The van der Waals surface area contributed by atoms with Crippen molar-refractivity contribution in [1.29, 1.82) is 0 Å². The van der Waals surface area contributed by atoms with Crippen LogP contribution in [-0.4, -0.2) is 57.3 Å². The van der Waals surface area contributed by atoms with Gasteiger partial charge in [0, 0.05) is 12.3 Å². The van der Waals surface area contributed by atoms with Crippen LogP contribution in [0.15, 0.2) is 21.9 Å². The van der Waals surface area contributed by atoms with Crippen molar-refractivity contribution in [2.75, 3.05) is 6.61 Å². The molecule has 0 saturated carbocycles. The van der Waals surface area contributed by atoms with Gasteiger partial charge >= 0.3 is 11.7 Å². The Bertz CT molecular complexity index is 776. The number of nitrogens with one attached hydrogen (secondary N) is 2. The van der Waals surface area contributed by atoms with E-state index >= 15 is 0 Å². The molecule has 10 nitrogen and oxygen atoms in total. The summed E-state index contributed by atoms with van der Waals surface area (Å²) in [7, 11) is 0. The number of halogens is 1. The number of rotatable bonds is 7. The first-order valence-electron chi connectivity index (χ1n) is 8.45. The SMILES string of the molecule is CC(C)OC(=O)[C@H](C)NOC[C@H]1O[C@@H](n2ccc(=O)[nH]c2=O)[C@](C)(F)[C@@H]1O. The number of aliphatic hydroxyl groups excluding tert-OH is 1. The predicted molar refractivity (Wildman–Crippen MR) is 90.5 cm³/mol. The number of carbonyl (C=O) groups excluding carboxylic acids is 1. The lowest BCUT2D eigenvalue weighted by Crippen LogP contribution is -2.44. The topological polar surface area (TPSA) is 132 Å². The molecule has 2 rings (SSSR count). The van der Waals surface area contributed by atoms with E-state index in [1.807, 2.05) is 4.98 Å². The van der Waals surface area contributed by atoms with Crippen LogP contribution in [0.5, 0.6) is 0 Å². The summed E-state index contributed by atoms with van der Waals surface area (Å²) in [5.41, 5.74) is -1.39. The fourth-order valence-corrected chi connectivity index (χ4v) is 2.60. The van der Waals surface area contributed by atoms with Crippen LogP contribution in [0.3, 0.4) is 0 Å².